The highest BCUT2D eigenvalue weighted by Crippen LogP contribution is 2.23. The number of nitro groups is 1. The molecule has 5 nitrogen and oxygen atoms in total. The second-order valence-electron chi connectivity index (χ2n) is 3.82. The van der Waals surface area contributed by atoms with Crippen LogP contribution in [-0.2, 0) is 6.42 Å². The Morgan fingerprint density at radius 1 is 1.32 bits per heavy atom. The lowest BCUT2D eigenvalue weighted by Gasteiger charge is -2.04. The summed E-state index contributed by atoms with van der Waals surface area (Å²) in [5.41, 5.74) is 1.72. The molecule has 0 aliphatic heterocycles. The molecule has 0 fully saturated rings. The van der Waals surface area contributed by atoms with Crippen molar-refractivity contribution in [2.45, 2.75) is 6.42 Å². The van der Waals surface area contributed by atoms with E-state index in [0.717, 1.165) is 5.56 Å². The van der Waals surface area contributed by atoms with Gasteiger partial charge in [0.1, 0.15) is 0 Å². The average Bonchev–Trinajstić information content (AvgIpc) is 2.39. The molecular formula is C13H8ClN3O2. The van der Waals surface area contributed by atoms with E-state index in [4.69, 9.17) is 16.9 Å². The van der Waals surface area contributed by atoms with Crippen molar-refractivity contribution in [3.63, 3.8) is 0 Å². The topological polar surface area (TPSA) is 79.8 Å². The fraction of sp³-hybridized carbons (Fsp3) is 0.0769. The van der Waals surface area contributed by atoms with Crippen LogP contribution in [0.3, 0.4) is 0 Å². The fourth-order valence-corrected chi connectivity index (χ4v) is 1.92. The molecule has 2 aromatic rings. The zero-order chi connectivity index (χ0) is 13.8. The van der Waals surface area contributed by atoms with Crippen LogP contribution in [0.2, 0.25) is 5.15 Å². The van der Waals surface area contributed by atoms with Crippen molar-refractivity contribution in [1.82, 2.24) is 4.98 Å². The van der Waals surface area contributed by atoms with Gasteiger partial charge in [-0.2, -0.15) is 5.26 Å². The lowest BCUT2D eigenvalue weighted by atomic mass is 10.0. The quantitative estimate of drug-likeness (QED) is 0.489. The van der Waals surface area contributed by atoms with Gasteiger partial charge in [0, 0.05) is 18.2 Å². The van der Waals surface area contributed by atoms with E-state index in [1.54, 1.807) is 12.1 Å². The Hall–Kier alpha value is -2.45. The van der Waals surface area contributed by atoms with Gasteiger partial charge < -0.3 is 0 Å². The van der Waals surface area contributed by atoms with Crippen LogP contribution in [-0.4, -0.2) is 9.91 Å². The Morgan fingerprint density at radius 2 is 2.05 bits per heavy atom. The van der Waals surface area contributed by atoms with Crippen LogP contribution in [0.5, 0.6) is 0 Å². The molecule has 2 rings (SSSR count). The molecule has 0 atom stereocenters. The molecule has 0 saturated carbocycles. The van der Waals surface area contributed by atoms with Gasteiger partial charge in [0.2, 0.25) is 5.15 Å². The number of rotatable bonds is 3. The molecule has 0 saturated heterocycles. The Bertz CT molecular complexity index is 680. The van der Waals surface area contributed by atoms with Gasteiger partial charge in [-0.1, -0.05) is 29.8 Å². The number of hydrogen-bond acceptors (Lipinski definition) is 4. The van der Waals surface area contributed by atoms with Gasteiger partial charge in [0.15, 0.2) is 0 Å². The van der Waals surface area contributed by atoms with E-state index in [9.17, 15) is 10.1 Å². The van der Waals surface area contributed by atoms with Gasteiger partial charge in [-0.05, 0) is 17.7 Å². The minimum atomic E-state index is -0.581. The Morgan fingerprint density at radius 3 is 2.68 bits per heavy atom. The summed E-state index contributed by atoms with van der Waals surface area (Å²) in [5, 5.41) is 19.5. The number of aromatic nitrogens is 1. The van der Waals surface area contributed by atoms with Gasteiger partial charge in [-0.3, -0.25) is 10.1 Å². The molecule has 0 spiro atoms. The number of nitrogens with zero attached hydrogens (tertiary/aromatic N) is 3. The van der Waals surface area contributed by atoms with Crippen molar-refractivity contribution in [2.75, 3.05) is 0 Å². The summed E-state index contributed by atoms with van der Waals surface area (Å²) in [4.78, 5) is 14.0. The highest BCUT2D eigenvalue weighted by Gasteiger charge is 2.14. The summed E-state index contributed by atoms with van der Waals surface area (Å²) in [5.74, 6) is 0. The number of nitriles is 1. The van der Waals surface area contributed by atoms with Crippen LogP contribution >= 0.6 is 11.6 Å². The largest absolute Gasteiger partial charge is 0.306 e. The maximum Gasteiger partial charge on any atom is 0.306 e. The van der Waals surface area contributed by atoms with Gasteiger partial charge >= 0.3 is 5.69 Å². The molecule has 0 N–H and O–H groups in total. The minimum Gasteiger partial charge on any atom is -0.258 e. The van der Waals surface area contributed by atoms with E-state index in [1.807, 2.05) is 12.1 Å². The Balaban J connectivity index is 2.32. The highest BCUT2D eigenvalue weighted by atomic mass is 35.5. The summed E-state index contributed by atoms with van der Waals surface area (Å²) >= 11 is 5.75. The SMILES string of the molecule is N#Cc1ccccc1Cc1ccc([N+](=O)[O-])c(Cl)n1. The smallest absolute Gasteiger partial charge is 0.258 e. The molecule has 1 aromatic heterocycles. The van der Waals surface area contributed by atoms with Crippen molar-refractivity contribution in [1.29, 1.82) is 5.26 Å². The standard InChI is InChI=1S/C13H8ClN3O2/c14-13-12(17(18)19)6-5-11(16-13)7-9-3-1-2-4-10(9)8-15/h1-6H,7H2. The van der Waals surface area contributed by atoms with Gasteiger partial charge in [0.05, 0.1) is 16.6 Å². The molecule has 0 aliphatic carbocycles. The van der Waals surface area contributed by atoms with Crippen LogP contribution < -0.4 is 0 Å². The number of hydrogen-bond donors (Lipinski definition) is 0. The van der Waals surface area contributed by atoms with E-state index < -0.39 is 4.92 Å². The van der Waals surface area contributed by atoms with Crippen LogP contribution in [0.4, 0.5) is 5.69 Å². The number of pyridine rings is 1. The minimum absolute atomic E-state index is 0.142. The molecule has 0 unspecified atom stereocenters. The van der Waals surface area contributed by atoms with E-state index >= 15 is 0 Å². The van der Waals surface area contributed by atoms with Gasteiger partial charge in [-0.25, -0.2) is 4.98 Å². The van der Waals surface area contributed by atoms with Crippen molar-refractivity contribution in [3.05, 3.63) is 68.5 Å². The fourth-order valence-electron chi connectivity index (χ4n) is 1.68. The van der Waals surface area contributed by atoms with Gasteiger partial charge in [-0.15, -0.1) is 0 Å². The summed E-state index contributed by atoms with van der Waals surface area (Å²) < 4.78 is 0. The van der Waals surface area contributed by atoms with E-state index in [2.05, 4.69) is 11.1 Å². The van der Waals surface area contributed by atoms with Crippen molar-refractivity contribution in [2.24, 2.45) is 0 Å². The lowest BCUT2D eigenvalue weighted by Crippen LogP contribution is -1.98. The maximum atomic E-state index is 10.6. The first-order chi connectivity index (χ1) is 9.11. The molecule has 1 heterocycles. The second kappa shape index (κ2) is 5.46. The first kappa shape index (κ1) is 13.0. The number of benzene rings is 1. The molecule has 0 amide bonds. The third-order valence-corrected chi connectivity index (χ3v) is 2.87. The average molecular weight is 274 g/mol. The molecule has 0 bridgehead atoms. The normalized spacial score (nSPS) is 9.89. The van der Waals surface area contributed by atoms with E-state index in [-0.39, 0.29) is 10.8 Å². The highest BCUT2D eigenvalue weighted by molar-refractivity contribution is 6.31. The monoisotopic (exact) mass is 273 g/mol. The van der Waals surface area contributed by atoms with Crippen LogP contribution in [0.15, 0.2) is 36.4 Å². The van der Waals surface area contributed by atoms with E-state index in [1.165, 1.54) is 12.1 Å². The molecular weight excluding hydrogens is 266 g/mol. The van der Waals surface area contributed by atoms with Crippen molar-refractivity contribution >= 4 is 17.3 Å². The third-order valence-electron chi connectivity index (χ3n) is 2.59. The van der Waals surface area contributed by atoms with Crippen LogP contribution in [0.25, 0.3) is 0 Å². The predicted octanol–water partition coefficient (Wildman–Crippen LogP) is 3.11. The summed E-state index contributed by atoms with van der Waals surface area (Å²) in [6.07, 6.45) is 0.404. The molecule has 1 aromatic carbocycles. The zero-order valence-electron chi connectivity index (χ0n) is 9.71. The first-order valence-electron chi connectivity index (χ1n) is 5.39. The lowest BCUT2D eigenvalue weighted by molar-refractivity contribution is -0.385. The molecule has 0 aliphatic rings. The van der Waals surface area contributed by atoms with Crippen molar-refractivity contribution in [3.8, 4) is 6.07 Å². The summed E-state index contributed by atoms with van der Waals surface area (Å²) in [6.45, 7) is 0. The maximum absolute atomic E-state index is 10.6. The predicted molar refractivity (Wildman–Crippen MR) is 69.9 cm³/mol. The summed E-state index contributed by atoms with van der Waals surface area (Å²) in [7, 11) is 0. The van der Waals surface area contributed by atoms with Crippen LogP contribution in [0, 0.1) is 21.4 Å². The number of halogens is 1. The summed E-state index contributed by atoms with van der Waals surface area (Å²) in [6, 6.07) is 12.1. The Labute approximate surface area is 114 Å². The molecule has 0 radical (unpaired) electrons. The van der Waals surface area contributed by atoms with Crippen LogP contribution in [0.1, 0.15) is 16.8 Å². The zero-order valence-corrected chi connectivity index (χ0v) is 10.5. The third kappa shape index (κ3) is 2.87. The van der Waals surface area contributed by atoms with Gasteiger partial charge in [0.25, 0.3) is 0 Å². The van der Waals surface area contributed by atoms with Crippen molar-refractivity contribution < 1.29 is 4.92 Å². The molecule has 94 valence electrons. The second-order valence-corrected chi connectivity index (χ2v) is 4.17. The molecule has 6 heteroatoms. The Kier molecular flexibility index (Phi) is 3.74. The first-order valence-corrected chi connectivity index (χ1v) is 5.77. The van der Waals surface area contributed by atoms with E-state index in [0.29, 0.717) is 17.7 Å². The molecule has 19 heavy (non-hydrogen) atoms.